The first-order valence-corrected chi connectivity index (χ1v) is 6.46. The predicted octanol–water partition coefficient (Wildman–Crippen LogP) is 3.56. The summed E-state index contributed by atoms with van der Waals surface area (Å²) in [6.07, 6.45) is 2.38. The number of rotatable bonds is 6. The third-order valence-corrected chi connectivity index (χ3v) is 3.23. The molecule has 0 bridgehead atoms. The van der Waals surface area contributed by atoms with Gasteiger partial charge >= 0.3 is 0 Å². The van der Waals surface area contributed by atoms with Crippen LogP contribution in [0.2, 0.25) is 0 Å². The molecule has 1 N–H and O–H groups in total. The summed E-state index contributed by atoms with van der Waals surface area (Å²) >= 11 is 0. The maximum absolute atomic E-state index is 3.57. The number of nitrogens with one attached hydrogen (secondary N) is 1. The smallest absolute Gasteiger partial charge is 0.00931 e. The number of hydrogen-bond donors (Lipinski definition) is 1. The highest BCUT2D eigenvalue weighted by Gasteiger charge is 2.14. The summed E-state index contributed by atoms with van der Waals surface area (Å²) in [7, 11) is 0. The molecule has 2 atom stereocenters. The molecule has 0 spiro atoms. The Morgan fingerprint density at radius 2 is 2.00 bits per heavy atom. The van der Waals surface area contributed by atoms with E-state index in [0.29, 0.717) is 12.0 Å². The number of aryl methyl sites for hydroxylation is 1. The van der Waals surface area contributed by atoms with E-state index in [-0.39, 0.29) is 0 Å². The van der Waals surface area contributed by atoms with E-state index in [9.17, 15) is 0 Å². The molecular weight excluding hydrogens is 194 g/mol. The molecule has 2 unspecified atom stereocenters. The highest BCUT2D eigenvalue weighted by Crippen LogP contribution is 2.15. The Kier molecular flexibility index (Phi) is 5.54. The van der Waals surface area contributed by atoms with Gasteiger partial charge in [-0.2, -0.15) is 0 Å². The number of benzene rings is 1. The zero-order chi connectivity index (χ0) is 12.0. The van der Waals surface area contributed by atoms with E-state index in [4.69, 9.17) is 0 Å². The highest BCUT2D eigenvalue weighted by molar-refractivity contribution is 5.22. The molecule has 90 valence electrons. The summed E-state index contributed by atoms with van der Waals surface area (Å²) in [5.41, 5.74) is 2.82. The van der Waals surface area contributed by atoms with Crippen LogP contribution in [0.4, 0.5) is 0 Å². The van der Waals surface area contributed by atoms with Gasteiger partial charge in [0.15, 0.2) is 0 Å². The largest absolute Gasteiger partial charge is 0.314 e. The van der Waals surface area contributed by atoms with Gasteiger partial charge in [0.25, 0.3) is 0 Å². The van der Waals surface area contributed by atoms with Crippen LogP contribution in [0.3, 0.4) is 0 Å². The van der Waals surface area contributed by atoms with Gasteiger partial charge in [-0.1, -0.05) is 50.6 Å². The molecule has 0 amide bonds. The van der Waals surface area contributed by atoms with E-state index in [0.717, 1.165) is 6.54 Å². The molecule has 16 heavy (non-hydrogen) atoms. The van der Waals surface area contributed by atoms with E-state index in [1.807, 2.05) is 0 Å². The van der Waals surface area contributed by atoms with Crippen LogP contribution in [0.25, 0.3) is 0 Å². The number of hydrogen-bond acceptors (Lipinski definition) is 1. The van der Waals surface area contributed by atoms with Gasteiger partial charge in [0.1, 0.15) is 0 Å². The van der Waals surface area contributed by atoms with Crippen molar-refractivity contribution in [3.05, 3.63) is 35.4 Å². The van der Waals surface area contributed by atoms with Gasteiger partial charge < -0.3 is 5.32 Å². The Hall–Kier alpha value is -0.820. The van der Waals surface area contributed by atoms with Crippen LogP contribution in [0, 0.1) is 12.8 Å². The van der Waals surface area contributed by atoms with E-state index < -0.39 is 0 Å². The van der Waals surface area contributed by atoms with Crippen molar-refractivity contribution in [2.75, 3.05) is 6.54 Å². The van der Waals surface area contributed by atoms with Gasteiger partial charge in [0, 0.05) is 6.04 Å². The third-order valence-electron chi connectivity index (χ3n) is 3.23. The molecule has 0 aliphatic heterocycles. The molecule has 0 aromatic heterocycles. The maximum atomic E-state index is 3.57. The molecule has 0 saturated heterocycles. The first-order chi connectivity index (χ1) is 7.67. The Morgan fingerprint density at radius 3 is 2.56 bits per heavy atom. The van der Waals surface area contributed by atoms with Crippen LogP contribution in [0.5, 0.6) is 0 Å². The monoisotopic (exact) mass is 219 g/mol. The zero-order valence-electron chi connectivity index (χ0n) is 11.1. The Bertz CT molecular complexity index is 306. The average Bonchev–Trinajstić information content (AvgIpc) is 2.25. The summed E-state index contributed by atoms with van der Waals surface area (Å²) in [6.45, 7) is 10.0. The standard InChI is InChI=1S/C15H25N/c1-5-15(16-6-2)13(4)11-14-9-7-8-12(3)10-14/h7-10,13,15-16H,5-6,11H2,1-4H3. The summed E-state index contributed by atoms with van der Waals surface area (Å²) in [4.78, 5) is 0. The fourth-order valence-electron chi connectivity index (χ4n) is 2.36. The minimum Gasteiger partial charge on any atom is -0.314 e. The van der Waals surface area contributed by atoms with Crippen LogP contribution in [-0.4, -0.2) is 12.6 Å². The van der Waals surface area contributed by atoms with Crippen molar-refractivity contribution < 1.29 is 0 Å². The minimum atomic E-state index is 0.644. The fourth-order valence-corrected chi connectivity index (χ4v) is 2.36. The minimum absolute atomic E-state index is 0.644. The average molecular weight is 219 g/mol. The lowest BCUT2D eigenvalue weighted by molar-refractivity contribution is 0.371. The second kappa shape index (κ2) is 6.70. The van der Waals surface area contributed by atoms with Gasteiger partial charge in [-0.25, -0.2) is 0 Å². The van der Waals surface area contributed by atoms with Crippen molar-refractivity contribution in [3.8, 4) is 0 Å². The fraction of sp³-hybridized carbons (Fsp3) is 0.600. The van der Waals surface area contributed by atoms with Crippen LogP contribution in [-0.2, 0) is 6.42 Å². The first-order valence-electron chi connectivity index (χ1n) is 6.46. The predicted molar refractivity (Wildman–Crippen MR) is 71.8 cm³/mol. The van der Waals surface area contributed by atoms with Crippen LogP contribution < -0.4 is 5.32 Å². The quantitative estimate of drug-likeness (QED) is 0.771. The Balaban J connectivity index is 2.58. The summed E-state index contributed by atoms with van der Waals surface area (Å²) < 4.78 is 0. The molecule has 0 fully saturated rings. The molecule has 0 saturated carbocycles. The molecule has 0 heterocycles. The topological polar surface area (TPSA) is 12.0 Å². The van der Waals surface area contributed by atoms with Crippen LogP contribution >= 0.6 is 0 Å². The molecule has 0 aliphatic carbocycles. The molecule has 1 nitrogen and oxygen atoms in total. The molecule has 1 aromatic rings. The van der Waals surface area contributed by atoms with E-state index in [1.54, 1.807) is 0 Å². The first kappa shape index (κ1) is 13.2. The molecule has 0 aliphatic rings. The second-order valence-electron chi connectivity index (χ2n) is 4.74. The van der Waals surface area contributed by atoms with Gasteiger partial charge in [0.2, 0.25) is 0 Å². The summed E-state index contributed by atoms with van der Waals surface area (Å²) in [5.74, 6) is 0.701. The van der Waals surface area contributed by atoms with Crippen molar-refractivity contribution in [1.29, 1.82) is 0 Å². The normalized spacial score (nSPS) is 14.8. The maximum Gasteiger partial charge on any atom is 0.00931 e. The molecule has 1 aromatic carbocycles. The third kappa shape index (κ3) is 3.97. The van der Waals surface area contributed by atoms with Crippen molar-refractivity contribution in [3.63, 3.8) is 0 Å². The second-order valence-corrected chi connectivity index (χ2v) is 4.74. The molecular formula is C15H25N. The highest BCUT2D eigenvalue weighted by atomic mass is 14.9. The van der Waals surface area contributed by atoms with Gasteiger partial charge in [-0.3, -0.25) is 0 Å². The van der Waals surface area contributed by atoms with Crippen molar-refractivity contribution in [2.24, 2.45) is 5.92 Å². The Labute approximate surface area is 100 Å². The van der Waals surface area contributed by atoms with Crippen molar-refractivity contribution in [1.82, 2.24) is 5.32 Å². The lowest BCUT2D eigenvalue weighted by Crippen LogP contribution is -2.35. The van der Waals surface area contributed by atoms with Gasteiger partial charge in [-0.15, -0.1) is 0 Å². The van der Waals surface area contributed by atoms with Crippen LogP contribution in [0.1, 0.15) is 38.3 Å². The van der Waals surface area contributed by atoms with E-state index in [1.165, 1.54) is 24.0 Å². The van der Waals surface area contributed by atoms with Crippen LogP contribution in [0.15, 0.2) is 24.3 Å². The lowest BCUT2D eigenvalue weighted by Gasteiger charge is -2.23. The zero-order valence-corrected chi connectivity index (χ0v) is 11.1. The summed E-state index contributed by atoms with van der Waals surface area (Å²) in [5, 5.41) is 3.57. The van der Waals surface area contributed by atoms with Gasteiger partial charge in [0.05, 0.1) is 0 Å². The van der Waals surface area contributed by atoms with E-state index in [2.05, 4.69) is 57.3 Å². The molecule has 0 radical (unpaired) electrons. The van der Waals surface area contributed by atoms with Gasteiger partial charge in [-0.05, 0) is 37.8 Å². The SMILES string of the molecule is CCNC(CC)C(C)Cc1cccc(C)c1. The summed E-state index contributed by atoms with van der Waals surface area (Å²) in [6, 6.07) is 9.50. The van der Waals surface area contributed by atoms with Crippen molar-refractivity contribution in [2.45, 2.75) is 46.6 Å². The molecule has 1 rings (SSSR count). The molecule has 1 heteroatoms. The Morgan fingerprint density at radius 1 is 1.25 bits per heavy atom. The lowest BCUT2D eigenvalue weighted by atomic mass is 9.92. The van der Waals surface area contributed by atoms with E-state index >= 15 is 0 Å². The van der Waals surface area contributed by atoms with Crippen molar-refractivity contribution >= 4 is 0 Å².